The summed E-state index contributed by atoms with van der Waals surface area (Å²) < 4.78 is 5.05. The van der Waals surface area contributed by atoms with Gasteiger partial charge in [0.1, 0.15) is 0 Å². The van der Waals surface area contributed by atoms with Gasteiger partial charge in [-0.1, -0.05) is 5.16 Å². The number of aromatic nitrogens is 2. The van der Waals surface area contributed by atoms with Crippen molar-refractivity contribution in [2.24, 2.45) is 0 Å². The van der Waals surface area contributed by atoms with Gasteiger partial charge in [-0.25, -0.2) is 0 Å². The molecule has 0 aliphatic carbocycles. The third-order valence-electron chi connectivity index (χ3n) is 1.92. The first-order valence-electron chi connectivity index (χ1n) is 4.50. The largest absolute Gasteiger partial charge is 0.396 e. The highest BCUT2D eigenvalue weighted by atomic mass is 32.1. The number of nitrogens with two attached hydrogens (primary N) is 1. The van der Waals surface area contributed by atoms with Crippen LogP contribution in [0.2, 0.25) is 0 Å². The Hall–Kier alpha value is -1.40. The molecule has 0 saturated heterocycles. The van der Waals surface area contributed by atoms with E-state index in [2.05, 4.69) is 10.1 Å². The van der Waals surface area contributed by atoms with Gasteiger partial charge in [-0.15, -0.1) is 11.3 Å². The summed E-state index contributed by atoms with van der Waals surface area (Å²) in [4.78, 5) is 5.23. The molecule has 2 heterocycles. The van der Waals surface area contributed by atoms with Gasteiger partial charge < -0.3 is 15.4 Å². The molecule has 80 valence electrons. The number of nitrogens with zero attached hydrogens (tertiary/aromatic N) is 2. The molecule has 0 aliphatic heterocycles. The van der Waals surface area contributed by atoms with Gasteiger partial charge in [-0.3, -0.25) is 0 Å². The van der Waals surface area contributed by atoms with E-state index in [-0.39, 0.29) is 6.61 Å². The van der Waals surface area contributed by atoms with Crippen LogP contribution < -0.4 is 5.73 Å². The maximum Gasteiger partial charge on any atom is 0.260 e. The smallest absolute Gasteiger partial charge is 0.260 e. The van der Waals surface area contributed by atoms with Crippen molar-refractivity contribution in [3.8, 4) is 11.5 Å². The lowest BCUT2D eigenvalue weighted by Crippen LogP contribution is -1.92. The molecule has 3 N–H and O–H groups in total. The quantitative estimate of drug-likeness (QED) is 0.820. The lowest BCUT2D eigenvalue weighted by molar-refractivity contribution is 0.293. The van der Waals surface area contributed by atoms with E-state index in [4.69, 9.17) is 15.4 Å². The average Bonchev–Trinajstić information content (AvgIpc) is 2.73. The van der Waals surface area contributed by atoms with E-state index in [1.165, 1.54) is 11.3 Å². The highest BCUT2D eigenvalue weighted by Gasteiger charge is 2.13. The SMILES string of the molecule is Cc1cc(-c2nc(CCO)no2)c(N)s1. The fraction of sp³-hybridized carbons (Fsp3) is 0.333. The van der Waals surface area contributed by atoms with E-state index in [0.29, 0.717) is 23.1 Å². The van der Waals surface area contributed by atoms with Crippen molar-refractivity contribution >= 4 is 16.3 Å². The molecule has 0 unspecified atom stereocenters. The number of rotatable bonds is 3. The summed E-state index contributed by atoms with van der Waals surface area (Å²) in [5.74, 6) is 0.913. The molecule has 2 aromatic rings. The van der Waals surface area contributed by atoms with Gasteiger partial charge in [-0.05, 0) is 13.0 Å². The van der Waals surface area contributed by atoms with Gasteiger partial charge >= 0.3 is 0 Å². The first-order valence-corrected chi connectivity index (χ1v) is 5.32. The van der Waals surface area contributed by atoms with Gasteiger partial charge in [0.05, 0.1) is 17.2 Å². The lowest BCUT2D eigenvalue weighted by Gasteiger charge is -1.89. The number of hydrogen-bond donors (Lipinski definition) is 2. The summed E-state index contributed by atoms with van der Waals surface area (Å²) in [6.07, 6.45) is 0.395. The Balaban J connectivity index is 2.32. The lowest BCUT2D eigenvalue weighted by atomic mass is 10.3. The maximum absolute atomic E-state index is 8.71. The van der Waals surface area contributed by atoms with Crippen LogP contribution in [0, 0.1) is 6.92 Å². The summed E-state index contributed by atoms with van der Waals surface area (Å²) in [5.41, 5.74) is 6.57. The van der Waals surface area contributed by atoms with Crippen molar-refractivity contribution in [1.82, 2.24) is 10.1 Å². The van der Waals surface area contributed by atoms with Gasteiger partial charge in [0.25, 0.3) is 5.89 Å². The summed E-state index contributed by atoms with van der Waals surface area (Å²) in [5, 5.41) is 13.1. The number of hydrogen-bond acceptors (Lipinski definition) is 6. The van der Waals surface area contributed by atoms with Gasteiger partial charge in [0.2, 0.25) is 0 Å². The topological polar surface area (TPSA) is 85.2 Å². The predicted molar refractivity (Wildman–Crippen MR) is 57.6 cm³/mol. The number of nitrogen functional groups attached to an aromatic ring is 1. The van der Waals surface area contributed by atoms with Crippen molar-refractivity contribution in [1.29, 1.82) is 0 Å². The number of anilines is 1. The molecule has 0 fully saturated rings. The molecule has 0 radical (unpaired) electrons. The molecule has 0 spiro atoms. The Bertz CT molecular complexity index is 464. The van der Waals surface area contributed by atoms with Crippen molar-refractivity contribution in [2.75, 3.05) is 12.3 Å². The average molecular weight is 225 g/mol. The zero-order chi connectivity index (χ0) is 10.8. The van der Waals surface area contributed by atoms with Crippen LogP contribution in [0.4, 0.5) is 5.00 Å². The van der Waals surface area contributed by atoms with Gasteiger partial charge in [0.15, 0.2) is 5.82 Å². The molecule has 0 bridgehead atoms. The summed E-state index contributed by atoms with van der Waals surface area (Å²) >= 11 is 1.49. The number of aliphatic hydroxyl groups is 1. The zero-order valence-corrected chi connectivity index (χ0v) is 9.04. The molecule has 0 aromatic carbocycles. The van der Waals surface area contributed by atoms with Crippen LogP contribution in [0.1, 0.15) is 10.7 Å². The monoisotopic (exact) mass is 225 g/mol. The summed E-state index contributed by atoms with van der Waals surface area (Å²) in [6.45, 7) is 1.98. The van der Waals surface area contributed by atoms with E-state index >= 15 is 0 Å². The van der Waals surface area contributed by atoms with Crippen LogP contribution in [-0.2, 0) is 6.42 Å². The van der Waals surface area contributed by atoms with Crippen LogP contribution in [0.3, 0.4) is 0 Å². The van der Waals surface area contributed by atoms with E-state index in [9.17, 15) is 0 Å². The molecule has 15 heavy (non-hydrogen) atoms. The number of aryl methyl sites for hydroxylation is 1. The Morgan fingerprint density at radius 1 is 1.60 bits per heavy atom. The first kappa shape index (κ1) is 10.1. The van der Waals surface area contributed by atoms with Crippen LogP contribution in [0.25, 0.3) is 11.5 Å². The first-order chi connectivity index (χ1) is 7.20. The van der Waals surface area contributed by atoms with Crippen LogP contribution in [0.15, 0.2) is 10.6 Å². The van der Waals surface area contributed by atoms with Crippen LogP contribution in [0.5, 0.6) is 0 Å². The van der Waals surface area contributed by atoms with Crippen LogP contribution in [-0.4, -0.2) is 21.9 Å². The van der Waals surface area contributed by atoms with E-state index in [1.807, 2.05) is 13.0 Å². The van der Waals surface area contributed by atoms with Gasteiger partial charge in [0, 0.05) is 11.3 Å². The normalized spacial score (nSPS) is 10.8. The highest BCUT2D eigenvalue weighted by Crippen LogP contribution is 2.32. The molecule has 6 heteroatoms. The molecule has 5 nitrogen and oxygen atoms in total. The Morgan fingerprint density at radius 3 is 3.00 bits per heavy atom. The highest BCUT2D eigenvalue weighted by molar-refractivity contribution is 7.16. The second-order valence-corrected chi connectivity index (χ2v) is 4.41. The zero-order valence-electron chi connectivity index (χ0n) is 8.23. The molecular formula is C9H11N3O2S. The maximum atomic E-state index is 8.71. The number of aliphatic hydroxyl groups excluding tert-OH is 1. The Morgan fingerprint density at radius 2 is 2.40 bits per heavy atom. The fourth-order valence-corrected chi connectivity index (χ4v) is 2.04. The predicted octanol–water partition coefficient (Wildman–Crippen LogP) is 1.22. The summed E-state index contributed by atoms with van der Waals surface area (Å²) in [6, 6.07) is 1.91. The second-order valence-electron chi connectivity index (χ2n) is 3.12. The molecule has 2 aromatic heterocycles. The van der Waals surface area contributed by atoms with E-state index in [0.717, 1.165) is 10.4 Å². The molecular weight excluding hydrogens is 214 g/mol. The van der Waals surface area contributed by atoms with E-state index in [1.54, 1.807) is 0 Å². The van der Waals surface area contributed by atoms with Crippen molar-refractivity contribution in [3.63, 3.8) is 0 Å². The minimum atomic E-state index is 0.0110. The minimum absolute atomic E-state index is 0.0110. The molecule has 0 atom stereocenters. The third-order valence-corrected chi connectivity index (χ3v) is 2.80. The molecule has 0 aliphatic rings. The van der Waals surface area contributed by atoms with Crippen molar-refractivity contribution < 1.29 is 9.63 Å². The van der Waals surface area contributed by atoms with Crippen molar-refractivity contribution in [3.05, 3.63) is 16.8 Å². The molecule has 0 amide bonds. The van der Waals surface area contributed by atoms with Gasteiger partial charge in [-0.2, -0.15) is 4.98 Å². The fourth-order valence-electron chi connectivity index (χ4n) is 1.26. The van der Waals surface area contributed by atoms with Crippen LogP contribution >= 0.6 is 11.3 Å². The van der Waals surface area contributed by atoms with E-state index < -0.39 is 0 Å². The molecule has 0 saturated carbocycles. The minimum Gasteiger partial charge on any atom is -0.396 e. The second kappa shape index (κ2) is 4.00. The number of thiophene rings is 1. The standard InChI is InChI=1S/C9H11N3O2S/c1-5-4-6(8(10)15-5)9-11-7(2-3-13)12-14-9/h4,13H,2-3,10H2,1H3. The Kier molecular flexibility index (Phi) is 2.70. The Labute approximate surface area is 90.5 Å². The van der Waals surface area contributed by atoms with Crippen molar-refractivity contribution in [2.45, 2.75) is 13.3 Å². The summed E-state index contributed by atoms with van der Waals surface area (Å²) in [7, 11) is 0. The third kappa shape index (κ3) is 2.00. The molecule has 2 rings (SSSR count).